The fourth-order valence-electron chi connectivity index (χ4n) is 8.84. The molecule has 6 rings (SSSR count). The summed E-state index contributed by atoms with van der Waals surface area (Å²) in [6.45, 7) is 5.77. The van der Waals surface area contributed by atoms with Gasteiger partial charge in [-0.15, -0.1) is 24.8 Å². The number of nitrogens with one attached hydrogen (secondary N) is 1. The number of thioether (sulfide) groups is 1. The lowest BCUT2D eigenvalue weighted by Gasteiger charge is -2.47. The molecular formula is C32H46ClF3N4O5S. The minimum absolute atomic E-state index is 0.00865. The minimum atomic E-state index is -4.62. The number of hydrogen-bond donors (Lipinski definition) is 2. The number of alkyl halides is 4. The van der Waals surface area contributed by atoms with Crippen LogP contribution in [0.1, 0.15) is 69.0 Å². The van der Waals surface area contributed by atoms with Crippen LogP contribution in [0.15, 0.2) is 4.79 Å². The first-order chi connectivity index (χ1) is 21.9. The summed E-state index contributed by atoms with van der Waals surface area (Å²) >= 11 is 8.48. The lowest BCUT2D eigenvalue weighted by Crippen LogP contribution is -2.57. The van der Waals surface area contributed by atoms with Crippen molar-refractivity contribution in [3.05, 3.63) is 27.4 Å². The SMILES string of the molecule is Cc1nc2c(c(=O)n1CCOC1CCC(Cl)CC1C1CC(C)NC3C(C(=O)O)CSC13)CC(N1CCC(OC(F)(F)F)CC1)CC2. The van der Waals surface area contributed by atoms with Crippen LogP contribution in [-0.2, 0) is 33.7 Å². The molecule has 4 heterocycles. The number of carboxylic acid groups (broad SMARTS) is 1. The van der Waals surface area contributed by atoms with Gasteiger partial charge in [-0.3, -0.25) is 23.8 Å². The number of piperidine rings is 2. The Hall–Kier alpha value is -1.38. The molecule has 9 atom stereocenters. The van der Waals surface area contributed by atoms with Crippen molar-refractivity contribution in [3.8, 4) is 0 Å². The molecule has 0 radical (unpaired) electrons. The lowest BCUT2D eigenvalue weighted by molar-refractivity contribution is -0.346. The summed E-state index contributed by atoms with van der Waals surface area (Å²) in [4.78, 5) is 32.8. The number of carbonyl (C=O) groups is 1. The summed E-state index contributed by atoms with van der Waals surface area (Å²) in [5, 5.41) is 13.7. The molecule has 0 bridgehead atoms. The van der Waals surface area contributed by atoms with Gasteiger partial charge in [-0.1, -0.05) is 0 Å². The van der Waals surface area contributed by atoms with E-state index >= 15 is 0 Å². The van der Waals surface area contributed by atoms with E-state index in [1.54, 1.807) is 16.3 Å². The van der Waals surface area contributed by atoms with E-state index in [1.807, 2.05) is 6.92 Å². The largest absolute Gasteiger partial charge is 0.522 e. The van der Waals surface area contributed by atoms with E-state index in [4.69, 9.17) is 21.3 Å². The number of hydrogen-bond acceptors (Lipinski definition) is 8. The highest BCUT2D eigenvalue weighted by Gasteiger charge is 2.51. The molecule has 5 aliphatic rings. The van der Waals surface area contributed by atoms with Gasteiger partial charge in [0, 0.05) is 53.2 Å². The maximum atomic E-state index is 13.8. The van der Waals surface area contributed by atoms with Gasteiger partial charge >= 0.3 is 12.3 Å². The Morgan fingerprint density at radius 2 is 1.91 bits per heavy atom. The van der Waals surface area contributed by atoms with Crippen LogP contribution < -0.4 is 10.9 Å². The second-order valence-corrected chi connectivity index (χ2v) is 15.8. The number of fused-ring (bicyclic) bond motifs is 2. The van der Waals surface area contributed by atoms with Crippen molar-refractivity contribution in [3.63, 3.8) is 0 Å². The topological polar surface area (TPSA) is 106 Å². The second-order valence-electron chi connectivity index (χ2n) is 14.0. The van der Waals surface area contributed by atoms with Crippen LogP contribution in [0, 0.1) is 24.7 Å². The van der Waals surface area contributed by atoms with Crippen LogP contribution in [0.2, 0.25) is 0 Å². The highest BCUT2D eigenvalue weighted by molar-refractivity contribution is 8.00. The van der Waals surface area contributed by atoms with Crippen molar-refractivity contribution in [2.75, 3.05) is 25.4 Å². The molecule has 0 spiro atoms. The molecular weight excluding hydrogens is 645 g/mol. The van der Waals surface area contributed by atoms with Crippen molar-refractivity contribution in [2.45, 2.75) is 126 Å². The Morgan fingerprint density at radius 3 is 2.63 bits per heavy atom. The number of aliphatic carboxylic acids is 1. The van der Waals surface area contributed by atoms with E-state index < -0.39 is 24.4 Å². The number of aromatic nitrogens is 2. The third-order valence-corrected chi connectivity index (χ3v) is 13.0. The van der Waals surface area contributed by atoms with Gasteiger partial charge in [-0.2, -0.15) is 11.8 Å². The van der Waals surface area contributed by atoms with E-state index in [9.17, 15) is 27.9 Å². The molecule has 1 saturated carbocycles. The van der Waals surface area contributed by atoms with Gasteiger partial charge in [-0.05, 0) is 83.5 Å². The Labute approximate surface area is 277 Å². The number of carboxylic acids is 1. The lowest BCUT2D eigenvalue weighted by atomic mass is 9.70. The molecule has 3 saturated heterocycles. The van der Waals surface area contributed by atoms with Gasteiger partial charge in [0.05, 0.1) is 37.0 Å². The number of ether oxygens (including phenoxy) is 2. The Balaban J connectivity index is 1.09. The van der Waals surface area contributed by atoms with Gasteiger partial charge in [0.2, 0.25) is 0 Å². The number of likely N-dealkylation sites (tertiary alicyclic amines) is 1. The summed E-state index contributed by atoms with van der Waals surface area (Å²) < 4.78 is 50.5. The minimum Gasteiger partial charge on any atom is -0.481 e. The van der Waals surface area contributed by atoms with Gasteiger partial charge < -0.3 is 15.2 Å². The van der Waals surface area contributed by atoms with Crippen LogP contribution >= 0.6 is 23.4 Å². The third kappa shape index (κ3) is 7.59. The van der Waals surface area contributed by atoms with Crippen molar-refractivity contribution in [1.82, 2.24) is 19.8 Å². The fourth-order valence-corrected chi connectivity index (χ4v) is 11.0. The summed E-state index contributed by atoms with van der Waals surface area (Å²) in [6.07, 6.45) is 0.734. The number of rotatable bonds is 8. The van der Waals surface area contributed by atoms with Crippen molar-refractivity contribution < 1.29 is 32.5 Å². The van der Waals surface area contributed by atoms with E-state index in [2.05, 4.69) is 21.9 Å². The van der Waals surface area contributed by atoms with E-state index in [-0.39, 0.29) is 46.3 Å². The Morgan fingerprint density at radius 1 is 1.15 bits per heavy atom. The van der Waals surface area contributed by atoms with Gasteiger partial charge in [0.1, 0.15) is 5.82 Å². The molecule has 46 heavy (non-hydrogen) atoms. The molecule has 2 aliphatic carbocycles. The maximum absolute atomic E-state index is 13.8. The predicted octanol–water partition coefficient (Wildman–Crippen LogP) is 4.39. The van der Waals surface area contributed by atoms with Crippen molar-refractivity contribution >= 4 is 29.3 Å². The molecule has 0 amide bonds. The smallest absolute Gasteiger partial charge is 0.481 e. The van der Waals surface area contributed by atoms with E-state index in [0.717, 1.165) is 37.8 Å². The maximum Gasteiger partial charge on any atom is 0.522 e. The Kier molecular flexibility index (Phi) is 10.7. The molecule has 4 fully saturated rings. The molecule has 2 N–H and O–H groups in total. The second kappa shape index (κ2) is 14.2. The highest BCUT2D eigenvalue weighted by atomic mass is 35.5. The first-order valence-corrected chi connectivity index (χ1v) is 18.3. The predicted molar refractivity (Wildman–Crippen MR) is 169 cm³/mol. The first-order valence-electron chi connectivity index (χ1n) is 16.8. The number of nitrogens with zero attached hydrogens (tertiary/aromatic N) is 3. The summed E-state index contributed by atoms with van der Waals surface area (Å²) in [5.41, 5.74) is 1.48. The summed E-state index contributed by atoms with van der Waals surface area (Å²) in [6, 6.07) is 0.256. The van der Waals surface area contributed by atoms with Crippen LogP contribution in [0.5, 0.6) is 0 Å². The molecule has 3 aliphatic heterocycles. The van der Waals surface area contributed by atoms with Crippen LogP contribution in [0.25, 0.3) is 0 Å². The zero-order valence-electron chi connectivity index (χ0n) is 26.5. The molecule has 0 aromatic carbocycles. The number of aryl methyl sites for hydroxylation is 2. The molecule has 9 nitrogen and oxygen atoms in total. The highest BCUT2D eigenvalue weighted by Crippen LogP contribution is 2.48. The molecule has 258 valence electrons. The van der Waals surface area contributed by atoms with Crippen LogP contribution in [-0.4, -0.2) is 98.3 Å². The third-order valence-electron chi connectivity index (χ3n) is 11.1. The molecule has 9 unspecified atom stereocenters. The van der Waals surface area contributed by atoms with Crippen molar-refractivity contribution in [1.29, 1.82) is 0 Å². The first kappa shape index (κ1) is 34.5. The van der Waals surface area contributed by atoms with Gasteiger partial charge in [-0.25, -0.2) is 4.98 Å². The van der Waals surface area contributed by atoms with Gasteiger partial charge in [0.25, 0.3) is 5.56 Å². The fraction of sp³-hybridized carbons (Fsp3) is 0.844. The molecule has 14 heteroatoms. The average Bonchev–Trinajstić information content (AvgIpc) is 3.43. The van der Waals surface area contributed by atoms with E-state index in [0.29, 0.717) is 75.0 Å². The Bertz CT molecular complexity index is 1310. The van der Waals surface area contributed by atoms with Crippen LogP contribution in [0.3, 0.4) is 0 Å². The number of halogens is 4. The summed E-state index contributed by atoms with van der Waals surface area (Å²) in [7, 11) is 0. The standard InChI is InChI=1S/C32H46ClF3N4O5S/c1-17-13-23(29-28(37-17)25(16-46-29)31(42)43)22-14-19(33)3-6-27(22)44-12-11-40-18(2)38-26-5-4-20(15-24(26)30(40)41)39-9-7-21(8-10-39)45-32(34,35)36/h17,19-23,25,27-29,37H,3-16H2,1-2H3,(H,42,43). The quantitative estimate of drug-likeness (QED) is 0.385. The van der Waals surface area contributed by atoms with Gasteiger partial charge in [0.15, 0.2) is 0 Å². The summed E-state index contributed by atoms with van der Waals surface area (Å²) in [5.74, 6) is 0.671. The zero-order chi connectivity index (χ0) is 32.7. The molecule has 1 aromatic heterocycles. The molecule has 1 aromatic rings. The van der Waals surface area contributed by atoms with Crippen LogP contribution in [0.4, 0.5) is 13.2 Å². The van der Waals surface area contributed by atoms with Crippen molar-refractivity contribution in [2.24, 2.45) is 17.8 Å². The average molecular weight is 691 g/mol. The van der Waals surface area contributed by atoms with E-state index in [1.165, 1.54) is 0 Å². The monoisotopic (exact) mass is 690 g/mol. The normalized spacial score (nSPS) is 35.9. The zero-order valence-corrected chi connectivity index (χ0v) is 28.1.